The summed E-state index contributed by atoms with van der Waals surface area (Å²) in [7, 11) is 0. The zero-order valence-electron chi connectivity index (χ0n) is 9.61. The number of anilines is 2. The van der Waals surface area contributed by atoms with Gasteiger partial charge in [-0.25, -0.2) is 4.98 Å². The van der Waals surface area contributed by atoms with Crippen LogP contribution in [0.2, 0.25) is 5.02 Å². The molecule has 3 aromatic rings. The molecule has 3 rings (SSSR count). The molecule has 0 spiro atoms. The molecule has 0 fully saturated rings. The molecule has 0 saturated heterocycles. The Labute approximate surface area is 117 Å². The lowest BCUT2D eigenvalue weighted by atomic mass is 10.3. The molecule has 0 aliphatic carbocycles. The fourth-order valence-electron chi connectivity index (χ4n) is 1.66. The molecule has 1 amide bonds. The van der Waals surface area contributed by atoms with Gasteiger partial charge in [-0.3, -0.25) is 10.1 Å². The number of aromatic nitrogens is 2. The Morgan fingerprint density at radius 1 is 1.42 bits per heavy atom. The Bertz CT molecular complexity index is 764. The molecule has 2 heterocycles. The lowest BCUT2D eigenvalue weighted by molar-refractivity contribution is 0.102. The maximum Gasteiger partial charge on any atom is 0.273 e. The lowest BCUT2D eigenvalue weighted by Crippen LogP contribution is -2.11. The highest BCUT2D eigenvalue weighted by molar-refractivity contribution is 7.22. The normalized spacial score (nSPS) is 10.8. The van der Waals surface area contributed by atoms with Crippen LogP contribution in [-0.2, 0) is 0 Å². The Morgan fingerprint density at radius 3 is 3.00 bits per heavy atom. The minimum Gasteiger partial charge on any atom is -0.397 e. The first-order valence-corrected chi connectivity index (χ1v) is 6.62. The molecule has 0 unspecified atom stereocenters. The van der Waals surface area contributed by atoms with Gasteiger partial charge in [0.05, 0.1) is 10.2 Å². The standard InChI is InChI=1S/C12H9ClN4OS/c13-6-1-2-8-10(3-6)19-12(16-8)17-11(18)9-4-7(14)5-15-9/h1-5,15H,14H2,(H,16,17,18). The Morgan fingerprint density at radius 2 is 2.26 bits per heavy atom. The molecule has 0 bridgehead atoms. The molecule has 19 heavy (non-hydrogen) atoms. The minimum absolute atomic E-state index is 0.276. The highest BCUT2D eigenvalue weighted by Gasteiger charge is 2.11. The minimum atomic E-state index is -0.276. The second kappa shape index (κ2) is 4.56. The summed E-state index contributed by atoms with van der Waals surface area (Å²) in [6, 6.07) is 6.97. The Kier molecular flexibility index (Phi) is 2.88. The fourth-order valence-corrected chi connectivity index (χ4v) is 2.80. The fraction of sp³-hybridized carbons (Fsp3) is 0. The zero-order chi connectivity index (χ0) is 13.4. The number of benzene rings is 1. The first kappa shape index (κ1) is 12.0. The zero-order valence-corrected chi connectivity index (χ0v) is 11.2. The van der Waals surface area contributed by atoms with Crippen LogP contribution < -0.4 is 11.1 Å². The summed E-state index contributed by atoms with van der Waals surface area (Å²) in [5.74, 6) is -0.276. The third kappa shape index (κ3) is 2.40. The Hall–Kier alpha value is -2.05. The van der Waals surface area contributed by atoms with Gasteiger partial charge in [0.1, 0.15) is 5.69 Å². The van der Waals surface area contributed by atoms with Crippen molar-refractivity contribution in [2.45, 2.75) is 0 Å². The number of amides is 1. The molecule has 0 atom stereocenters. The average Bonchev–Trinajstić information content (AvgIpc) is 2.94. The number of halogens is 1. The van der Waals surface area contributed by atoms with Crippen molar-refractivity contribution in [2.75, 3.05) is 11.1 Å². The third-order valence-corrected chi connectivity index (χ3v) is 3.69. The van der Waals surface area contributed by atoms with E-state index < -0.39 is 0 Å². The number of hydrogen-bond donors (Lipinski definition) is 3. The molecular weight excluding hydrogens is 284 g/mol. The number of carbonyl (C=O) groups is 1. The summed E-state index contributed by atoms with van der Waals surface area (Å²) in [5, 5.41) is 3.89. The quantitative estimate of drug-likeness (QED) is 0.678. The van der Waals surface area contributed by atoms with Crippen LogP contribution in [0.4, 0.5) is 10.8 Å². The van der Waals surface area contributed by atoms with Crippen LogP contribution >= 0.6 is 22.9 Å². The number of H-pyrrole nitrogens is 1. The number of nitrogens with zero attached hydrogens (tertiary/aromatic N) is 1. The number of thiazole rings is 1. The number of nitrogens with one attached hydrogen (secondary N) is 2. The lowest BCUT2D eigenvalue weighted by Gasteiger charge is -1.97. The first-order chi connectivity index (χ1) is 9.11. The van der Waals surface area contributed by atoms with Crippen molar-refractivity contribution < 1.29 is 4.79 Å². The number of nitrogens with two attached hydrogens (primary N) is 1. The van der Waals surface area contributed by atoms with Crippen molar-refractivity contribution in [2.24, 2.45) is 0 Å². The molecule has 0 aliphatic rings. The second-order valence-corrected chi connectivity index (χ2v) is 5.40. The van der Waals surface area contributed by atoms with Crippen molar-refractivity contribution in [3.8, 4) is 0 Å². The van der Waals surface area contributed by atoms with E-state index >= 15 is 0 Å². The SMILES string of the molecule is Nc1c[nH]c(C(=O)Nc2nc3ccc(Cl)cc3s2)c1. The van der Waals surface area contributed by atoms with E-state index in [2.05, 4.69) is 15.3 Å². The number of nitrogen functional groups attached to an aromatic ring is 1. The highest BCUT2D eigenvalue weighted by atomic mass is 35.5. The molecule has 0 aliphatic heterocycles. The molecule has 1 aromatic carbocycles. The van der Waals surface area contributed by atoms with Crippen LogP contribution in [-0.4, -0.2) is 15.9 Å². The maximum atomic E-state index is 11.9. The molecule has 4 N–H and O–H groups in total. The van der Waals surface area contributed by atoms with Crippen molar-refractivity contribution in [3.05, 3.63) is 41.2 Å². The third-order valence-electron chi connectivity index (χ3n) is 2.52. The molecular formula is C12H9ClN4OS. The van der Waals surface area contributed by atoms with Crippen LogP contribution in [0.5, 0.6) is 0 Å². The van der Waals surface area contributed by atoms with Gasteiger partial charge in [0.15, 0.2) is 5.13 Å². The smallest absolute Gasteiger partial charge is 0.273 e. The molecule has 0 radical (unpaired) electrons. The topological polar surface area (TPSA) is 83.8 Å². The average molecular weight is 293 g/mol. The van der Waals surface area contributed by atoms with Gasteiger partial charge in [-0.1, -0.05) is 22.9 Å². The van der Waals surface area contributed by atoms with E-state index in [-0.39, 0.29) is 5.91 Å². The molecule has 0 saturated carbocycles. The number of aromatic amines is 1. The summed E-state index contributed by atoms with van der Waals surface area (Å²) in [6.07, 6.45) is 1.56. The van der Waals surface area contributed by atoms with Crippen molar-refractivity contribution in [3.63, 3.8) is 0 Å². The van der Waals surface area contributed by atoms with E-state index in [9.17, 15) is 4.79 Å². The van der Waals surface area contributed by atoms with Gasteiger partial charge in [-0.2, -0.15) is 0 Å². The molecule has 2 aromatic heterocycles. The largest absolute Gasteiger partial charge is 0.397 e. The van der Waals surface area contributed by atoms with E-state index in [1.807, 2.05) is 12.1 Å². The molecule has 5 nitrogen and oxygen atoms in total. The summed E-state index contributed by atoms with van der Waals surface area (Å²) >= 11 is 7.27. The number of carbonyl (C=O) groups excluding carboxylic acids is 1. The number of hydrogen-bond acceptors (Lipinski definition) is 4. The molecule has 7 heteroatoms. The van der Waals surface area contributed by atoms with Crippen LogP contribution in [0, 0.1) is 0 Å². The van der Waals surface area contributed by atoms with Crippen LogP contribution in [0.15, 0.2) is 30.5 Å². The summed E-state index contributed by atoms with van der Waals surface area (Å²) in [6.45, 7) is 0. The van der Waals surface area contributed by atoms with Gasteiger partial charge in [0, 0.05) is 16.9 Å². The van der Waals surface area contributed by atoms with Gasteiger partial charge in [-0.15, -0.1) is 0 Å². The Balaban J connectivity index is 1.87. The second-order valence-electron chi connectivity index (χ2n) is 3.93. The van der Waals surface area contributed by atoms with Gasteiger partial charge in [0.2, 0.25) is 0 Å². The predicted octanol–water partition coefficient (Wildman–Crippen LogP) is 3.11. The number of rotatable bonds is 2. The van der Waals surface area contributed by atoms with E-state index in [1.54, 1.807) is 18.3 Å². The highest BCUT2D eigenvalue weighted by Crippen LogP contribution is 2.28. The number of fused-ring (bicyclic) bond motifs is 1. The van der Waals surface area contributed by atoms with E-state index in [0.29, 0.717) is 21.5 Å². The van der Waals surface area contributed by atoms with E-state index in [1.165, 1.54) is 11.3 Å². The predicted molar refractivity (Wildman–Crippen MR) is 77.8 cm³/mol. The van der Waals surface area contributed by atoms with E-state index in [0.717, 1.165) is 10.2 Å². The monoisotopic (exact) mass is 292 g/mol. The molecule has 96 valence electrons. The van der Waals surface area contributed by atoms with Gasteiger partial charge in [-0.05, 0) is 24.3 Å². The van der Waals surface area contributed by atoms with Crippen molar-refractivity contribution in [1.29, 1.82) is 0 Å². The maximum absolute atomic E-state index is 11.9. The van der Waals surface area contributed by atoms with Crippen LogP contribution in [0.3, 0.4) is 0 Å². The summed E-state index contributed by atoms with van der Waals surface area (Å²) < 4.78 is 0.925. The first-order valence-electron chi connectivity index (χ1n) is 5.43. The van der Waals surface area contributed by atoms with Gasteiger partial charge < -0.3 is 10.7 Å². The van der Waals surface area contributed by atoms with Crippen molar-refractivity contribution >= 4 is 49.9 Å². The summed E-state index contributed by atoms with van der Waals surface area (Å²) in [4.78, 5) is 19.0. The van der Waals surface area contributed by atoms with Crippen molar-refractivity contribution in [1.82, 2.24) is 9.97 Å². The van der Waals surface area contributed by atoms with Gasteiger partial charge >= 0.3 is 0 Å². The summed E-state index contributed by atoms with van der Waals surface area (Å²) in [5.41, 5.74) is 7.26. The van der Waals surface area contributed by atoms with Crippen LogP contribution in [0.25, 0.3) is 10.2 Å². The van der Waals surface area contributed by atoms with Gasteiger partial charge in [0.25, 0.3) is 5.91 Å². The van der Waals surface area contributed by atoms with Crippen LogP contribution in [0.1, 0.15) is 10.5 Å². The van der Waals surface area contributed by atoms with E-state index in [4.69, 9.17) is 17.3 Å².